The zero-order valence-electron chi connectivity index (χ0n) is 19.5. The van der Waals surface area contributed by atoms with E-state index in [0.717, 1.165) is 16.9 Å². The van der Waals surface area contributed by atoms with Crippen molar-refractivity contribution in [2.24, 2.45) is 5.10 Å². The van der Waals surface area contributed by atoms with Crippen LogP contribution in [0.1, 0.15) is 29.3 Å². The minimum atomic E-state index is -0.665. The van der Waals surface area contributed by atoms with Crippen LogP contribution in [0.4, 0.5) is 0 Å². The molecule has 0 radical (unpaired) electrons. The highest BCUT2D eigenvalue weighted by molar-refractivity contribution is 6.03. The van der Waals surface area contributed by atoms with Gasteiger partial charge in [0.1, 0.15) is 29.4 Å². The number of nitriles is 1. The number of amides is 1. The molecule has 0 spiro atoms. The first-order valence-electron chi connectivity index (χ1n) is 11.1. The number of carbonyl (C=O) groups is 2. The predicted molar refractivity (Wildman–Crippen MR) is 130 cm³/mol. The molecule has 9 nitrogen and oxygen atoms in total. The quantitative estimate of drug-likeness (QED) is 0.331. The van der Waals surface area contributed by atoms with Crippen molar-refractivity contribution in [1.82, 2.24) is 5.01 Å². The Morgan fingerprint density at radius 3 is 2.56 bits per heavy atom. The molecule has 3 aromatic rings. The van der Waals surface area contributed by atoms with E-state index in [9.17, 15) is 9.59 Å². The van der Waals surface area contributed by atoms with Crippen molar-refractivity contribution in [3.05, 3.63) is 89.9 Å². The third kappa shape index (κ3) is 5.98. The molecule has 36 heavy (non-hydrogen) atoms. The van der Waals surface area contributed by atoms with Gasteiger partial charge in [-0.25, -0.2) is 9.80 Å². The number of furan rings is 1. The van der Waals surface area contributed by atoms with E-state index in [4.69, 9.17) is 23.9 Å². The van der Waals surface area contributed by atoms with E-state index in [1.807, 2.05) is 30.3 Å². The highest BCUT2D eigenvalue weighted by Gasteiger charge is 2.35. The number of rotatable bonds is 9. The molecule has 1 amide bonds. The van der Waals surface area contributed by atoms with E-state index >= 15 is 0 Å². The lowest BCUT2D eigenvalue weighted by Gasteiger charge is -2.19. The molecule has 1 atom stereocenters. The number of nitrogens with zero attached hydrogens (tertiary/aromatic N) is 3. The molecule has 1 aliphatic rings. The van der Waals surface area contributed by atoms with Crippen molar-refractivity contribution in [2.75, 3.05) is 20.3 Å². The van der Waals surface area contributed by atoms with Gasteiger partial charge in [-0.3, -0.25) is 4.79 Å². The van der Waals surface area contributed by atoms with Crippen LogP contribution >= 0.6 is 0 Å². The minimum Gasteiger partial charge on any atom is -0.497 e. The largest absolute Gasteiger partial charge is 0.497 e. The second-order valence-electron chi connectivity index (χ2n) is 7.71. The highest BCUT2D eigenvalue weighted by atomic mass is 16.5. The van der Waals surface area contributed by atoms with Crippen LogP contribution < -0.4 is 9.47 Å². The van der Waals surface area contributed by atoms with Gasteiger partial charge in [-0.1, -0.05) is 12.1 Å². The Bertz CT molecular complexity index is 1290. The number of hydrazone groups is 1. The Hall–Kier alpha value is -4.84. The molecule has 2 aromatic carbocycles. The van der Waals surface area contributed by atoms with E-state index in [-0.39, 0.29) is 6.61 Å². The first-order chi connectivity index (χ1) is 17.6. The summed E-state index contributed by atoms with van der Waals surface area (Å²) in [7, 11) is 1.59. The zero-order valence-corrected chi connectivity index (χ0v) is 19.5. The highest BCUT2D eigenvalue weighted by Crippen LogP contribution is 2.33. The van der Waals surface area contributed by atoms with Gasteiger partial charge in [0, 0.05) is 12.5 Å². The van der Waals surface area contributed by atoms with Crippen LogP contribution in [0.25, 0.3) is 6.08 Å². The third-order valence-corrected chi connectivity index (χ3v) is 5.39. The fraction of sp³-hybridized carbons (Fsp3) is 0.185. The van der Waals surface area contributed by atoms with Gasteiger partial charge in [-0.15, -0.1) is 0 Å². The molecule has 0 bridgehead atoms. The van der Waals surface area contributed by atoms with Gasteiger partial charge in [-0.05, 0) is 65.7 Å². The van der Waals surface area contributed by atoms with E-state index in [0.29, 0.717) is 23.6 Å². The predicted octanol–water partition coefficient (Wildman–Crippen LogP) is 4.12. The standard InChI is InChI=1S/C27H23N3O6/c1-33-21-11-7-20(8-12-21)23-17-24(25-3-2-15-35-25)30(29-23)26(31)18-36-27(32)13-6-19-4-9-22(10-5-19)34-16-14-28/h2-13,15,24H,16-18H2,1H3/b13-6+. The number of hydrogen-bond acceptors (Lipinski definition) is 8. The average Bonchev–Trinajstić information content (AvgIpc) is 3.60. The van der Waals surface area contributed by atoms with Crippen molar-refractivity contribution < 1.29 is 28.2 Å². The molecule has 1 unspecified atom stereocenters. The first-order valence-corrected chi connectivity index (χ1v) is 11.1. The average molecular weight is 485 g/mol. The van der Waals surface area contributed by atoms with Crippen molar-refractivity contribution >= 4 is 23.7 Å². The fourth-order valence-electron chi connectivity index (χ4n) is 3.60. The zero-order chi connectivity index (χ0) is 25.3. The fourth-order valence-corrected chi connectivity index (χ4v) is 3.60. The molecule has 1 aromatic heterocycles. The molecular weight excluding hydrogens is 462 g/mol. The first kappa shape index (κ1) is 24.3. The van der Waals surface area contributed by atoms with E-state index in [1.165, 1.54) is 17.3 Å². The topological polar surface area (TPSA) is 114 Å². The molecule has 0 N–H and O–H groups in total. The third-order valence-electron chi connectivity index (χ3n) is 5.39. The molecule has 0 saturated heterocycles. The lowest BCUT2D eigenvalue weighted by Crippen LogP contribution is -2.31. The summed E-state index contributed by atoms with van der Waals surface area (Å²) in [4.78, 5) is 25.1. The Kier molecular flexibility index (Phi) is 7.78. The van der Waals surface area contributed by atoms with E-state index < -0.39 is 24.5 Å². The van der Waals surface area contributed by atoms with Crippen LogP contribution in [0.2, 0.25) is 0 Å². The molecule has 0 saturated carbocycles. The van der Waals surface area contributed by atoms with Crippen LogP contribution in [0.15, 0.2) is 82.5 Å². The Balaban J connectivity index is 1.39. The molecule has 0 fully saturated rings. The molecule has 1 aliphatic heterocycles. The Labute approximate surface area is 207 Å². The number of hydrogen-bond donors (Lipinski definition) is 0. The molecule has 9 heteroatoms. The summed E-state index contributed by atoms with van der Waals surface area (Å²) in [5.41, 5.74) is 2.29. The lowest BCUT2D eigenvalue weighted by atomic mass is 10.0. The summed E-state index contributed by atoms with van der Waals surface area (Å²) in [5, 5.41) is 14.4. The molecule has 0 aliphatic carbocycles. The summed E-state index contributed by atoms with van der Waals surface area (Å²) in [6.07, 6.45) is 4.78. The van der Waals surface area contributed by atoms with Crippen LogP contribution in [-0.4, -0.2) is 42.9 Å². The minimum absolute atomic E-state index is 0.0427. The van der Waals surface area contributed by atoms with Gasteiger partial charge in [0.05, 0.1) is 19.1 Å². The SMILES string of the molecule is COc1ccc(C2=NN(C(=O)COC(=O)/C=C/c3ccc(OCC#N)cc3)C(c3ccco3)C2)cc1. The second-order valence-corrected chi connectivity index (χ2v) is 7.71. The molecular formula is C27H23N3O6. The smallest absolute Gasteiger partial charge is 0.331 e. The summed E-state index contributed by atoms with van der Waals surface area (Å²) < 4.78 is 21.1. The van der Waals surface area contributed by atoms with Gasteiger partial charge in [-0.2, -0.15) is 10.4 Å². The van der Waals surface area contributed by atoms with Gasteiger partial charge in [0.25, 0.3) is 5.91 Å². The number of carbonyl (C=O) groups excluding carboxylic acids is 2. The van der Waals surface area contributed by atoms with Gasteiger partial charge < -0.3 is 18.6 Å². The van der Waals surface area contributed by atoms with E-state index in [2.05, 4.69) is 5.10 Å². The second kappa shape index (κ2) is 11.5. The van der Waals surface area contributed by atoms with Crippen LogP contribution in [0.3, 0.4) is 0 Å². The number of benzene rings is 2. The Morgan fingerprint density at radius 2 is 1.89 bits per heavy atom. The Morgan fingerprint density at radius 1 is 1.14 bits per heavy atom. The summed E-state index contributed by atoms with van der Waals surface area (Å²) in [6.45, 7) is -0.514. The van der Waals surface area contributed by atoms with Crippen molar-refractivity contribution in [1.29, 1.82) is 5.26 Å². The van der Waals surface area contributed by atoms with Gasteiger partial charge in [0.15, 0.2) is 13.2 Å². The van der Waals surface area contributed by atoms with Crippen LogP contribution in [0, 0.1) is 11.3 Å². The van der Waals surface area contributed by atoms with Crippen molar-refractivity contribution in [3.63, 3.8) is 0 Å². The summed E-state index contributed by atoms with van der Waals surface area (Å²) in [5.74, 6) is 0.718. The number of esters is 1. The molecule has 182 valence electrons. The summed E-state index contributed by atoms with van der Waals surface area (Å²) in [6, 6.07) is 19.2. The van der Waals surface area contributed by atoms with Gasteiger partial charge >= 0.3 is 5.97 Å². The van der Waals surface area contributed by atoms with Crippen molar-refractivity contribution in [3.8, 4) is 17.6 Å². The van der Waals surface area contributed by atoms with Crippen LogP contribution in [-0.2, 0) is 14.3 Å². The lowest BCUT2D eigenvalue weighted by molar-refractivity contribution is -0.149. The monoisotopic (exact) mass is 485 g/mol. The maximum absolute atomic E-state index is 12.9. The maximum atomic E-state index is 12.9. The summed E-state index contributed by atoms with van der Waals surface area (Å²) >= 11 is 0. The maximum Gasteiger partial charge on any atom is 0.331 e. The van der Waals surface area contributed by atoms with Gasteiger partial charge in [0.2, 0.25) is 0 Å². The number of methoxy groups -OCH3 is 1. The molecule has 4 rings (SSSR count). The van der Waals surface area contributed by atoms with E-state index in [1.54, 1.807) is 49.6 Å². The van der Waals surface area contributed by atoms with Crippen molar-refractivity contribution in [2.45, 2.75) is 12.5 Å². The normalized spacial score (nSPS) is 14.8. The molecule has 2 heterocycles. The number of ether oxygens (including phenoxy) is 3. The van der Waals surface area contributed by atoms with Crippen LogP contribution in [0.5, 0.6) is 11.5 Å².